The molecule has 2 atom stereocenters. The summed E-state index contributed by atoms with van der Waals surface area (Å²) in [4.78, 5) is 33.8. The lowest BCUT2D eigenvalue weighted by Crippen LogP contribution is -2.27. The van der Waals surface area contributed by atoms with Crippen molar-refractivity contribution in [1.82, 2.24) is 5.32 Å². The average molecular weight is 742 g/mol. The lowest BCUT2D eigenvalue weighted by molar-refractivity contribution is -0.147. The summed E-state index contributed by atoms with van der Waals surface area (Å²) in [5, 5.41) is 12.7. The number of phosphoric ester groups is 1. The zero-order valence-electron chi connectivity index (χ0n) is 32.5. The van der Waals surface area contributed by atoms with Gasteiger partial charge in [0, 0.05) is 19.4 Å². The Morgan fingerprint density at radius 3 is 1.61 bits per heavy atom. The van der Waals surface area contributed by atoms with Crippen molar-refractivity contribution in [2.24, 2.45) is 0 Å². The zero-order chi connectivity index (χ0) is 37.5. The molecule has 0 bridgehead atoms. The summed E-state index contributed by atoms with van der Waals surface area (Å²) in [5.74, 6) is -0.539. The molecule has 0 rings (SSSR count). The van der Waals surface area contributed by atoms with E-state index in [0.717, 1.165) is 83.5 Å². The van der Waals surface area contributed by atoms with Crippen molar-refractivity contribution in [2.45, 2.75) is 187 Å². The number of nitrogens with one attached hydrogen (secondary N) is 1. The fourth-order valence-electron chi connectivity index (χ4n) is 5.40. The molecule has 3 N–H and O–H groups in total. The molecule has 0 aromatic heterocycles. The molecule has 0 saturated carbocycles. The average Bonchev–Trinajstić information content (AvgIpc) is 3.11. The van der Waals surface area contributed by atoms with Crippen LogP contribution in [0.3, 0.4) is 0 Å². The second-order valence-corrected chi connectivity index (χ2v) is 15.1. The summed E-state index contributed by atoms with van der Waals surface area (Å²) in [6, 6.07) is 0. The van der Waals surface area contributed by atoms with Crippen molar-refractivity contribution in [1.29, 1.82) is 0 Å². The molecule has 0 heterocycles. The molecule has 0 aliphatic rings. The van der Waals surface area contributed by atoms with Crippen LogP contribution in [-0.2, 0) is 27.9 Å². The van der Waals surface area contributed by atoms with Gasteiger partial charge in [0.05, 0.1) is 13.2 Å². The first-order valence-corrected chi connectivity index (χ1v) is 22.0. The molecule has 1 amide bonds. The van der Waals surface area contributed by atoms with Crippen molar-refractivity contribution in [3.8, 4) is 0 Å². The fraction of sp³-hybridized carbons (Fsp3) is 0.805. The van der Waals surface area contributed by atoms with E-state index in [0.29, 0.717) is 6.42 Å². The van der Waals surface area contributed by atoms with Crippen LogP contribution in [0.25, 0.3) is 0 Å². The van der Waals surface area contributed by atoms with Gasteiger partial charge in [0.2, 0.25) is 5.91 Å². The van der Waals surface area contributed by atoms with Gasteiger partial charge < -0.3 is 20.1 Å². The highest BCUT2D eigenvalue weighted by molar-refractivity contribution is 7.47. The number of aliphatic hydroxyl groups excluding tert-OH is 1. The standard InChI is InChI=1S/C41H76NO8P/c1-3-5-7-9-11-13-15-17-19-20-21-23-25-27-29-31-33-40(44)42-35-36-49-51(46,47)50-38-39(43)37-48-41(45)34-32-30-28-26-24-22-18-16-14-12-10-8-6-4-2/h13,15-16,18-20,39,43H,3-12,14,17,21-38H2,1-2H3,(H,42,44)(H,46,47)/b15-13-,18-16-,20-19-. The maximum absolute atomic E-state index is 12.1. The minimum absolute atomic E-state index is 0.0730. The SMILES string of the molecule is CCCCCC/C=C\C/C=C\CCCCCCCC(=O)NCCOP(=O)(O)OCC(O)COC(=O)CCCCCCC/C=C\CCCCCCC. The summed E-state index contributed by atoms with van der Waals surface area (Å²) in [7, 11) is -4.42. The molecule has 0 aliphatic carbocycles. The van der Waals surface area contributed by atoms with E-state index in [9.17, 15) is 24.2 Å². The number of esters is 1. The summed E-state index contributed by atoms with van der Waals surface area (Å²) in [6.45, 7) is 3.49. The number of carbonyl (C=O) groups is 2. The highest BCUT2D eigenvalue weighted by Crippen LogP contribution is 2.42. The van der Waals surface area contributed by atoms with E-state index >= 15 is 0 Å². The third-order valence-corrected chi connectivity index (χ3v) is 9.53. The third-order valence-electron chi connectivity index (χ3n) is 8.54. The van der Waals surface area contributed by atoms with E-state index in [2.05, 4.69) is 55.6 Å². The maximum Gasteiger partial charge on any atom is 0.472 e. The van der Waals surface area contributed by atoms with Crippen LogP contribution in [0.2, 0.25) is 0 Å². The molecular formula is C41H76NO8P. The van der Waals surface area contributed by atoms with Gasteiger partial charge in [-0.2, -0.15) is 0 Å². The van der Waals surface area contributed by atoms with Gasteiger partial charge in [-0.3, -0.25) is 18.6 Å². The molecule has 0 aromatic rings. The number of carbonyl (C=O) groups excluding carboxylic acids is 2. The zero-order valence-corrected chi connectivity index (χ0v) is 33.4. The van der Waals surface area contributed by atoms with Gasteiger partial charge in [0.1, 0.15) is 12.7 Å². The van der Waals surface area contributed by atoms with Crippen molar-refractivity contribution >= 4 is 19.7 Å². The summed E-state index contributed by atoms with van der Waals surface area (Å²) in [5.41, 5.74) is 0. The number of ether oxygens (including phenoxy) is 1. The number of amides is 1. The molecule has 0 aromatic carbocycles. The van der Waals surface area contributed by atoms with Crippen LogP contribution in [0, 0.1) is 0 Å². The predicted molar refractivity (Wildman–Crippen MR) is 211 cm³/mol. The van der Waals surface area contributed by atoms with E-state index in [1.54, 1.807) is 0 Å². The molecular weight excluding hydrogens is 665 g/mol. The van der Waals surface area contributed by atoms with Crippen LogP contribution in [0.15, 0.2) is 36.5 Å². The van der Waals surface area contributed by atoms with Gasteiger partial charge in [0.25, 0.3) is 0 Å². The van der Waals surface area contributed by atoms with Crippen molar-refractivity contribution in [3.63, 3.8) is 0 Å². The van der Waals surface area contributed by atoms with Crippen LogP contribution in [0.1, 0.15) is 181 Å². The first kappa shape index (κ1) is 49.2. The monoisotopic (exact) mass is 742 g/mol. The Morgan fingerprint density at radius 1 is 0.608 bits per heavy atom. The smallest absolute Gasteiger partial charge is 0.463 e. The Labute approximate surface area is 312 Å². The molecule has 51 heavy (non-hydrogen) atoms. The van der Waals surface area contributed by atoms with Crippen LogP contribution in [-0.4, -0.2) is 54.3 Å². The second kappa shape index (κ2) is 38.0. The van der Waals surface area contributed by atoms with Gasteiger partial charge in [-0.05, 0) is 70.6 Å². The number of aliphatic hydroxyl groups is 1. The third kappa shape index (κ3) is 39.3. The normalized spacial score (nSPS) is 13.7. The van der Waals surface area contributed by atoms with Crippen LogP contribution >= 0.6 is 7.82 Å². The molecule has 2 unspecified atom stereocenters. The largest absolute Gasteiger partial charge is 0.472 e. The van der Waals surface area contributed by atoms with E-state index in [-0.39, 0.29) is 32.1 Å². The van der Waals surface area contributed by atoms with Gasteiger partial charge >= 0.3 is 13.8 Å². The van der Waals surface area contributed by atoms with E-state index in [4.69, 9.17) is 13.8 Å². The first-order valence-electron chi connectivity index (χ1n) is 20.5. The van der Waals surface area contributed by atoms with Gasteiger partial charge in [-0.25, -0.2) is 4.57 Å². The number of hydrogen-bond donors (Lipinski definition) is 3. The number of hydrogen-bond acceptors (Lipinski definition) is 7. The molecule has 298 valence electrons. The number of rotatable bonds is 38. The fourth-order valence-corrected chi connectivity index (χ4v) is 6.16. The molecule has 0 spiro atoms. The van der Waals surface area contributed by atoms with Crippen LogP contribution in [0.4, 0.5) is 0 Å². The first-order chi connectivity index (χ1) is 24.8. The molecule has 0 aliphatic heterocycles. The van der Waals surface area contributed by atoms with Crippen molar-refractivity contribution < 1.29 is 37.9 Å². The maximum atomic E-state index is 12.1. The molecule has 10 heteroatoms. The van der Waals surface area contributed by atoms with Gasteiger partial charge in [-0.1, -0.05) is 134 Å². The van der Waals surface area contributed by atoms with Crippen LogP contribution < -0.4 is 5.32 Å². The number of phosphoric acid groups is 1. The van der Waals surface area contributed by atoms with E-state index < -0.39 is 26.5 Å². The number of unbranched alkanes of at least 4 members (excludes halogenated alkanes) is 19. The topological polar surface area (TPSA) is 131 Å². The number of allylic oxidation sites excluding steroid dienone is 6. The van der Waals surface area contributed by atoms with Gasteiger partial charge in [0.15, 0.2) is 0 Å². The Bertz CT molecular complexity index is 939. The highest BCUT2D eigenvalue weighted by atomic mass is 31.2. The second-order valence-electron chi connectivity index (χ2n) is 13.6. The molecule has 0 radical (unpaired) electrons. The summed E-state index contributed by atoms with van der Waals surface area (Å²) >= 11 is 0. The van der Waals surface area contributed by atoms with Crippen LogP contribution in [0.5, 0.6) is 0 Å². The predicted octanol–water partition coefficient (Wildman–Crippen LogP) is 11.0. The van der Waals surface area contributed by atoms with Crippen molar-refractivity contribution in [3.05, 3.63) is 36.5 Å². The minimum atomic E-state index is -4.42. The Balaban J connectivity index is 3.64. The Hall–Kier alpha value is -1.77. The molecule has 0 saturated heterocycles. The Kier molecular flexibility index (Phi) is 36.7. The summed E-state index contributed by atoms with van der Waals surface area (Å²) < 4.78 is 26.8. The minimum Gasteiger partial charge on any atom is -0.463 e. The lowest BCUT2D eigenvalue weighted by Gasteiger charge is -2.15. The lowest BCUT2D eigenvalue weighted by atomic mass is 10.1. The van der Waals surface area contributed by atoms with E-state index in [1.165, 1.54) is 70.6 Å². The quantitative estimate of drug-likeness (QED) is 0.0247. The van der Waals surface area contributed by atoms with Gasteiger partial charge in [-0.15, -0.1) is 0 Å². The summed E-state index contributed by atoms with van der Waals surface area (Å²) in [6.07, 6.45) is 40.7. The molecule has 0 fully saturated rings. The Morgan fingerprint density at radius 2 is 1.06 bits per heavy atom. The van der Waals surface area contributed by atoms with Crippen molar-refractivity contribution in [2.75, 3.05) is 26.4 Å². The van der Waals surface area contributed by atoms with E-state index in [1.807, 2.05) is 0 Å². The molecule has 9 nitrogen and oxygen atoms in total. The highest BCUT2D eigenvalue weighted by Gasteiger charge is 2.23.